The second-order valence-corrected chi connectivity index (χ2v) is 3.73. The summed E-state index contributed by atoms with van der Waals surface area (Å²) in [7, 11) is 0. The molecular weight excluding hydrogens is 220 g/mol. The van der Waals surface area contributed by atoms with Crippen LogP contribution in [-0.4, -0.2) is 28.3 Å². The summed E-state index contributed by atoms with van der Waals surface area (Å²) in [5.74, 6) is -0.881. The molecule has 1 rings (SSSR count). The van der Waals surface area contributed by atoms with E-state index in [0.29, 0.717) is 11.4 Å². The number of carbonyl (C=O) groups is 2. The molecule has 0 amide bonds. The molecule has 1 aromatic heterocycles. The van der Waals surface area contributed by atoms with Gasteiger partial charge in [-0.15, -0.1) is 0 Å². The number of ether oxygens (including phenoxy) is 1. The van der Waals surface area contributed by atoms with E-state index >= 15 is 0 Å². The molecule has 0 fully saturated rings. The van der Waals surface area contributed by atoms with Gasteiger partial charge in [-0.1, -0.05) is 0 Å². The van der Waals surface area contributed by atoms with E-state index in [2.05, 4.69) is 9.97 Å². The van der Waals surface area contributed by atoms with Gasteiger partial charge in [0.05, 0.1) is 23.7 Å². The number of nitrogens with zero attached hydrogens (tertiary/aromatic N) is 2. The molecule has 5 nitrogen and oxygen atoms in total. The maximum atomic E-state index is 11.8. The number of carbonyl (C=O) groups excluding carboxylic acids is 2. The Hall–Kier alpha value is -1.78. The van der Waals surface area contributed by atoms with Crippen LogP contribution in [0.15, 0.2) is 0 Å². The Bertz CT molecular complexity index is 455. The fourth-order valence-electron chi connectivity index (χ4n) is 1.41. The number of aryl methyl sites for hydroxylation is 3. The molecule has 0 unspecified atom stereocenters. The molecular formula is C12H16N2O3. The third-order valence-electron chi connectivity index (χ3n) is 2.36. The molecule has 0 aliphatic carbocycles. The van der Waals surface area contributed by atoms with Crippen LogP contribution in [0, 0.1) is 20.8 Å². The highest BCUT2D eigenvalue weighted by atomic mass is 16.5. The average Bonchev–Trinajstić information content (AvgIpc) is 2.23. The molecule has 0 atom stereocenters. The van der Waals surface area contributed by atoms with Gasteiger partial charge in [0.15, 0.2) is 5.78 Å². The molecule has 0 aromatic carbocycles. The Morgan fingerprint density at radius 3 is 2.24 bits per heavy atom. The number of aromatic nitrogens is 2. The molecule has 17 heavy (non-hydrogen) atoms. The van der Waals surface area contributed by atoms with Gasteiger partial charge < -0.3 is 4.74 Å². The van der Waals surface area contributed by atoms with Crippen molar-refractivity contribution in [3.63, 3.8) is 0 Å². The van der Waals surface area contributed by atoms with Gasteiger partial charge in [-0.25, -0.2) is 4.98 Å². The van der Waals surface area contributed by atoms with Crippen molar-refractivity contribution in [2.24, 2.45) is 0 Å². The predicted octanol–water partition coefficient (Wildman–Crippen LogP) is 1.54. The predicted molar refractivity (Wildman–Crippen MR) is 61.8 cm³/mol. The van der Waals surface area contributed by atoms with Gasteiger partial charge >= 0.3 is 5.97 Å². The normalized spacial score (nSPS) is 10.1. The molecule has 0 bridgehead atoms. The SMILES string of the molecule is CCOC(=O)CC(=O)c1nc(C)c(C)nc1C. The maximum Gasteiger partial charge on any atom is 0.313 e. The zero-order valence-corrected chi connectivity index (χ0v) is 10.5. The second kappa shape index (κ2) is 5.52. The summed E-state index contributed by atoms with van der Waals surface area (Å²) in [6.07, 6.45) is -0.286. The lowest BCUT2D eigenvalue weighted by atomic mass is 10.1. The monoisotopic (exact) mass is 236 g/mol. The molecule has 1 aromatic rings. The van der Waals surface area contributed by atoms with Crippen LogP contribution in [0.5, 0.6) is 0 Å². The molecule has 0 aliphatic heterocycles. The molecule has 0 saturated carbocycles. The zero-order valence-electron chi connectivity index (χ0n) is 10.5. The number of Topliss-reactive ketones (excluding diaryl/α,β-unsaturated/α-hetero) is 1. The Balaban J connectivity index is 2.89. The number of rotatable bonds is 4. The Kier molecular flexibility index (Phi) is 4.31. The lowest BCUT2D eigenvalue weighted by Gasteiger charge is -2.06. The molecule has 0 N–H and O–H groups in total. The van der Waals surface area contributed by atoms with E-state index < -0.39 is 5.97 Å². The van der Waals surface area contributed by atoms with Crippen molar-refractivity contribution in [1.29, 1.82) is 0 Å². The third-order valence-corrected chi connectivity index (χ3v) is 2.36. The summed E-state index contributed by atoms with van der Waals surface area (Å²) in [5.41, 5.74) is 2.28. The summed E-state index contributed by atoms with van der Waals surface area (Å²) < 4.78 is 4.72. The highest BCUT2D eigenvalue weighted by Crippen LogP contribution is 2.09. The first kappa shape index (κ1) is 13.3. The van der Waals surface area contributed by atoms with Gasteiger partial charge in [0.2, 0.25) is 0 Å². The molecule has 0 radical (unpaired) electrons. The topological polar surface area (TPSA) is 69.2 Å². The quantitative estimate of drug-likeness (QED) is 0.450. The van der Waals surface area contributed by atoms with Crippen LogP contribution in [0.1, 0.15) is 40.9 Å². The molecule has 0 spiro atoms. The number of hydrogen-bond acceptors (Lipinski definition) is 5. The Morgan fingerprint density at radius 1 is 1.06 bits per heavy atom. The van der Waals surface area contributed by atoms with E-state index in [1.54, 1.807) is 20.8 Å². The maximum absolute atomic E-state index is 11.8. The van der Waals surface area contributed by atoms with Crippen LogP contribution in [0.3, 0.4) is 0 Å². The van der Waals surface area contributed by atoms with Crippen LogP contribution >= 0.6 is 0 Å². The Labute approximate surface area is 100 Å². The lowest BCUT2D eigenvalue weighted by molar-refractivity contribution is -0.141. The van der Waals surface area contributed by atoms with E-state index in [4.69, 9.17) is 4.74 Å². The van der Waals surface area contributed by atoms with Crippen molar-refractivity contribution >= 4 is 11.8 Å². The first-order valence-corrected chi connectivity index (χ1v) is 5.46. The van der Waals surface area contributed by atoms with Gasteiger partial charge in [0, 0.05) is 0 Å². The number of ketones is 1. The third kappa shape index (κ3) is 3.34. The largest absolute Gasteiger partial charge is 0.466 e. The van der Waals surface area contributed by atoms with Gasteiger partial charge in [0.25, 0.3) is 0 Å². The first-order chi connectivity index (χ1) is 7.95. The summed E-state index contributed by atoms with van der Waals surface area (Å²) in [6.45, 7) is 7.28. The van der Waals surface area contributed by atoms with Crippen molar-refractivity contribution in [1.82, 2.24) is 9.97 Å². The fraction of sp³-hybridized carbons (Fsp3) is 0.500. The van der Waals surface area contributed by atoms with Crippen LogP contribution in [0.2, 0.25) is 0 Å². The lowest BCUT2D eigenvalue weighted by Crippen LogP contribution is -2.15. The smallest absolute Gasteiger partial charge is 0.313 e. The minimum absolute atomic E-state index is 0.251. The summed E-state index contributed by atoms with van der Waals surface area (Å²) in [5, 5.41) is 0. The van der Waals surface area contributed by atoms with E-state index in [-0.39, 0.29) is 24.5 Å². The minimum atomic E-state index is -0.531. The van der Waals surface area contributed by atoms with Crippen molar-refractivity contribution < 1.29 is 14.3 Å². The van der Waals surface area contributed by atoms with Gasteiger partial charge in [-0.3, -0.25) is 14.6 Å². The molecule has 0 saturated heterocycles. The van der Waals surface area contributed by atoms with Gasteiger partial charge in [0.1, 0.15) is 12.1 Å². The summed E-state index contributed by atoms with van der Waals surface area (Å²) in [4.78, 5) is 31.4. The molecule has 5 heteroatoms. The standard InChI is InChI=1S/C12H16N2O3/c1-5-17-11(16)6-10(15)12-9(4)13-7(2)8(3)14-12/h5-6H2,1-4H3. The van der Waals surface area contributed by atoms with Crippen LogP contribution in [0.25, 0.3) is 0 Å². The minimum Gasteiger partial charge on any atom is -0.466 e. The van der Waals surface area contributed by atoms with Crippen molar-refractivity contribution in [3.8, 4) is 0 Å². The highest BCUT2D eigenvalue weighted by molar-refractivity contribution is 6.05. The first-order valence-electron chi connectivity index (χ1n) is 5.46. The van der Waals surface area contributed by atoms with Crippen molar-refractivity contribution in [3.05, 3.63) is 22.8 Å². The van der Waals surface area contributed by atoms with Gasteiger partial charge in [-0.05, 0) is 27.7 Å². The molecule has 92 valence electrons. The van der Waals surface area contributed by atoms with E-state index in [1.807, 2.05) is 6.92 Å². The van der Waals surface area contributed by atoms with Crippen molar-refractivity contribution in [2.75, 3.05) is 6.61 Å². The number of hydrogen-bond donors (Lipinski definition) is 0. The summed E-state index contributed by atoms with van der Waals surface area (Å²) in [6, 6.07) is 0. The van der Waals surface area contributed by atoms with Crippen LogP contribution in [0.4, 0.5) is 0 Å². The van der Waals surface area contributed by atoms with Crippen LogP contribution in [-0.2, 0) is 9.53 Å². The zero-order chi connectivity index (χ0) is 13.0. The van der Waals surface area contributed by atoms with Gasteiger partial charge in [-0.2, -0.15) is 0 Å². The highest BCUT2D eigenvalue weighted by Gasteiger charge is 2.17. The van der Waals surface area contributed by atoms with E-state index in [1.165, 1.54) is 0 Å². The summed E-state index contributed by atoms with van der Waals surface area (Å²) >= 11 is 0. The average molecular weight is 236 g/mol. The van der Waals surface area contributed by atoms with Crippen LogP contribution < -0.4 is 0 Å². The fourth-order valence-corrected chi connectivity index (χ4v) is 1.41. The van der Waals surface area contributed by atoms with E-state index in [9.17, 15) is 9.59 Å². The van der Waals surface area contributed by atoms with E-state index in [0.717, 1.165) is 5.69 Å². The Morgan fingerprint density at radius 2 is 1.65 bits per heavy atom. The molecule has 1 heterocycles. The van der Waals surface area contributed by atoms with Crippen molar-refractivity contribution in [2.45, 2.75) is 34.1 Å². The number of esters is 1. The molecule has 0 aliphatic rings. The second-order valence-electron chi connectivity index (χ2n) is 3.73.